The van der Waals surface area contributed by atoms with Gasteiger partial charge < -0.3 is 5.11 Å². The molecule has 1 amide bonds. The molecule has 0 spiro atoms. The van der Waals surface area contributed by atoms with Crippen LogP contribution >= 0.6 is 12.8 Å². The summed E-state index contributed by atoms with van der Waals surface area (Å²) >= 11 is 3.45. The number of rotatable bonds is 3. The number of hydrogen-bond acceptors (Lipinski definition) is 3. The molecule has 0 unspecified atom stereocenters. The van der Waals surface area contributed by atoms with Gasteiger partial charge in [-0.1, -0.05) is 12.8 Å². The topological polar surface area (TPSA) is 57.6 Å². The van der Waals surface area contributed by atoms with E-state index in [0.717, 1.165) is 4.31 Å². The lowest BCUT2D eigenvalue weighted by atomic mass is 10.7. The molecule has 0 heterocycles. The van der Waals surface area contributed by atoms with Gasteiger partial charge in [-0.05, 0) is 0 Å². The Balaban J connectivity index is 3.38. The Kier molecular flexibility index (Phi) is 3.02. The van der Waals surface area contributed by atoms with E-state index in [1.165, 1.54) is 0 Å². The highest BCUT2D eigenvalue weighted by Gasteiger charge is 1.99. The highest BCUT2D eigenvalue weighted by molar-refractivity contribution is 7.78. The zero-order valence-electron chi connectivity index (χ0n) is 3.94. The summed E-state index contributed by atoms with van der Waals surface area (Å²) in [6.07, 6.45) is 0.331. The molecule has 5 heteroatoms. The zero-order chi connectivity index (χ0) is 6.57. The molecule has 0 aromatic heterocycles. The van der Waals surface area contributed by atoms with Gasteiger partial charge in [0.2, 0.25) is 6.41 Å². The summed E-state index contributed by atoms with van der Waals surface area (Å²) in [6, 6.07) is 0. The van der Waals surface area contributed by atoms with Crippen molar-refractivity contribution >= 4 is 25.2 Å². The fourth-order valence-electron chi connectivity index (χ4n) is 0.176. The van der Waals surface area contributed by atoms with E-state index in [0.29, 0.717) is 6.41 Å². The van der Waals surface area contributed by atoms with E-state index in [2.05, 4.69) is 12.8 Å². The van der Waals surface area contributed by atoms with Gasteiger partial charge in [-0.15, -0.1) is 0 Å². The number of nitrogens with zero attached hydrogens (tertiary/aromatic N) is 1. The van der Waals surface area contributed by atoms with Crippen LogP contribution in [-0.4, -0.2) is 28.3 Å². The zero-order valence-corrected chi connectivity index (χ0v) is 4.84. The third kappa shape index (κ3) is 3.48. The van der Waals surface area contributed by atoms with Crippen LogP contribution in [0.4, 0.5) is 0 Å². The lowest BCUT2D eigenvalue weighted by molar-refractivity contribution is -0.138. The van der Waals surface area contributed by atoms with E-state index < -0.39 is 5.97 Å². The number of aliphatic carboxylic acids is 1. The molecular weight excluding hydrogens is 130 g/mol. The maximum absolute atomic E-state index is 9.72. The smallest absolute Gasteiger partial charge is 0.324 e. The van der Waals surface area contributed by atoms with Gasteiger partial charge in [-0.2, -0.15) is 0 Å². The third-order valence-corrected chi connectivity index (χ3v) is 0.655. The molecule has 0 aromatic rings. The third-order valence-electron chi connectivity index (χ3n) is 0.419. The summed E-state index contributed by atoms with van der Waals surface area (Å²) < 4.78 is 0.738. The molecule has 0 radical (unpaired) electrons. The van der Waals surface area contributed by atoms with E-state index in [4.69, 9.17) is 5.11 Å². The Hall–Kier alpha value is -0.710. The Bertz CT molecular complexity index is 105. The Morgan fingerprint density at radius 1 is 1.88 bits per heavy atom. The average molecular weight is 135 g/mol. The van der Waals surface area contributed by atoms with Crippen molar-refractivity contribution in [1.29, 1.82) is 0 Å². The first-order valence-corrected chi connectivity index (χ1v) is 2.19. The molecule has 0 aliphatic rings. The fraction of sp³-hybridized carbons (Fsp3) is 0.333. The van der Waals surface area contributed by atoms with E-state index in [9.17, 15) is 9.59 Å². The predicted octanol–water partition coefficient (Wildman–Crippen LogP) is -0.626. The van der Waals surface area contributed by atoms with Gasteiger partial charge in [0, 0.05) is 0 Å². The van der Waals surface area contributed by atoms with Crippen LogP contribution in [0.2, 0.25) is 0 Å². The van der Waals surface area contributed by atoms with Crippen molar-refractivity contribution in [3.05, 3.63) is 0 Å². The predicted molar refractivity (Wildman–Crippen MR) is 29.4 cm³/mol. The van der Waals surface area contributed by atoms with Crippen LogP contribution in [-0.2, 0) is 9.59 Å². The van der Waals surface area contributed by atoms with E-state index >= 15 is 0 Å². The van der Waals surface area contributed by atoms with Crippen molar-refractivity contribution in [3.8, 4) is 0 Å². The molecule has 8 heavy (non-hydrogen) atoms. The van der Waals surface area contributed by atoms with Crippen LogP contribution in [0.25, 0.3) is 0 Å². The number of amides is 1. The van der Waals surface area contributed by atoms with Crippen molar-refractivity contribution in [2.45, 2.75) is 0 Å². The van der Waals surface area contributed by atoms with Crippen molar-refractivity contribution in [2.75, 3.05) is 6.54 Å². The normalized spacial score (nSPS) is 8.12. The minimum absolute atomic E-state index is 0.331. The van der Waals surface area contributed by atoms with Crippen molar-refractivity contribution in [2.24, 2.45) is 0 Å². The van der Waals surface area contributed by atoms with Gasteiger partial charge in [0.05, 0.1) is 0 Å². The minimum atomic E-state index is -1.08. The van der Waals surface area contributed by atoms with Gasteiger partial charge in [0.25, 0.3) is 0 Å². The molecule has 0 saturated carbocycles. The van der Waals surface area contributed by atoms with E-state index in [-0.39, 0.29) is 6.54 Å². The van der Waals surface area contributed by atoms with Crippen molar-refractivity contribution in [1.82, 2.24) is 4.31 Å². The quantitative estimate of drug-likeness (QED) is 0.400. The molecule has 0 fully saturated rings. The Morgan fingerprint density at radius 3 is 2.50 bits per heavy atom. The van der Waals surface area contributed by atoms with E-state index in [1.807, 2.05) is 0 Å². The first-order chi connectivity index (χ1) is 3.66. The summed E-state index contributed by atoms with van der Waals surface area (Å²) in [5, 5.41) is 7.97. The first kappa shape index (κ1) is 7.29. The van der Waals surface area contributed by atoms with Crippen LogP contribution < -0.4 is 0 Å². The highest BCUT2D eigenvalue weighted by atomic mass is 32.1. The highest BCUT2D eigenvalue weighted by Crippen LogP contribution is 1.83. The molecule has 0 bridgehead atoms. The molecule has 0 rings (SSSR count). The largest absolute Gasteiger partial charge is 0.480 e. The van der Waals surface area contributed by atoms with Crippen molar-refractivity contribution in [3.63, 3.8) is 0 Å². The maximum atomic E-state index is 9.72. The number of carboxylic acid groups (broad SMARTS) is 1. The van der Waals surface area contributed by atoms with Crippen LogP contribution in [0.5, 0.6) is 0 Å². The summed E-state index contributed by atoms with van der Waals surface area (Å²) in [5.74, 6) is -1.08. The SMILES string of the molecule is O=CN(S)CC(=O)O. The van der Waals surface area contributed by atoms with Crippen LogP contribution in [0, 0.1) is 0 Å². The molecule has 0 saturated heterocycles. The molecule has 0 atom stereocenters. The lowest BCUT2D eigenvalue weighted by Crippen LogP contribution is -2.18. The van der Waals surface area contributed by atoms with Gasteiger partial charge in [-0.3, -0.25) is 13.9 Å². The molecular formula is C3H5NO3S. The second-order valence-electron chi connectivity index (χ2n) is 1.10. The molecule has 46 valence electrons. The van der Waals surface area contributed by atoms with Gasteiger partial charge in [0.15, 0.2) is 0 Å². The minimum Gasteiger partial charge on any atom is -0.480 e. The van der Waals surface area contributed by atoms with E-state index in [1.54, 1.807) is 0 Å². The molecule has 0 aliphatic heterocycles. The van der Waals surface area contributed by atoms with Crippen LogP contribution in [0.15, 0.2) is 0 Å². The van der Waals surface area contributed by atoms with Gasteiger partial charge >= 0.3 is 5.97 Å². The first-order valence-electron chi connectivity index (χ1n) is 1.79. The molecule has 0 aliphatic carbocycles. The summed E-state index contributed by atoms with van der Waals surface area (Å²) in [5.41, 5.74) is 0. The van der Waals surface area contributed by atoms with Crippen LogP contribution in [0.1, 0.15) is 0 Å². The summed E-state index contributed by atoms with van der Waals surface area (Å²) in [4.78, 5) is 19.3. The fourth-order valence-corrected chi connectivity index (χ4v) is 0.297. The Morgan fingerprint density at radius 2 is 2.38 bits per heavy atom. The number of hydrogen-bond donors (Lipinski definition) is 2. The molecule has 1 N–H and O–H groups in total. The number of thiol groups is 1. The second-order valence-corrected chi connectivity index (χ2v) is 1.61. The van der Waals surface area contributed by atoms with Crippen LogP contribution in [0.3, 0.4) is 0 Å². The lowest BCUT2D eigenvalue weighted by Gasteiger charge is -2.01. The van der Waals surface area contributed by atoms with Gasteiger partial charge in [0.1, 0.15) is 6.54 Å². The second kappa shape index (κ2) is 3.31. The summed E-state index contributed by atoms with van der Waals surface area (Å²) in [7, 11) is 0. The number of carbonyl (C=O) groups is 2. The Labute approximate surface area is 51.6 Å². The number of carboxylic acids is 1. The standard InChI is InChI=1S/C3H5NO3S/c5-2-4(8)1-3(6)7/h2,8H,1H2,(H,6,7). The summed E-state index contributed by atoms with van der Waals surface area (Å²) in [6.45, 7) is -0.368. The average Bonchev–Trinajstić information content (AvgIpc) is 1.65. The van der Waals surface area contributed by atoms with Crippen molar-refractivity contribution < 1.29 is 14.7 Å². The maximum Gasteiger partial charge on any atom is 0.324 e. The molecule has 0 aromatic carbocycles. The monoisotopic (exact) mass is 135 g/mol. The number of carbonyl (C=O) groups excluding carboxylic acids is 1. The van der Waals surface area contributed by atoms with Gasteiger partial charge in [-0.25, -0.2) is 0 Å². The molecule has 4 nitrogen and oxygen atoms in total.